The minimum Gasteiger partial charge on any atom is -0.256 e. The Kier molecular flexibility index (Phi) is 12.6. The average molecular weight is 336 g/mol. The maximum absolute atomic E-state index is 4.37. The number of pyridine rings is 1. The summed E-state index contributed by atoms with van der Waals surface area (Å²) in [5, 5.41) is 0. The molecule has 0 bridgehead atoms. The molecule has 0 spiro atoms. The molecule has 25 heavy (non-hydrogen) atoms. The van der Waals surface area contributed by atoms with Crippen LogP contribution in [0.5, 0.6) is 0 Å². The van der Waals surface area contributed by atoms with Crippen molar-refractivity contribution >= 4 is 0 Å². The second-order valence-corrected chi connectivity index (χ2v) is 4.61. The Morgan fingerprint density at radius 2 is 1.08 bits per heavy atom. The Labute approximate surface area is 154 Å². The zero-order valence-corrected chi connectivity index (χ0v) is 16.9. The quantitative estimate of drug-likeness (QED) is 0.465. The van der Waals surface area contributed by atoms with Crippen LogP contribution in [0.25, 0.3) is 22.4 Å². The van der Waals surface area contributed by atoms with E-state index in [0.717, 1.165) is 11.3 Å². The van der Waals surface area contributed by atoms with Crippen LogP contribution >= 0.6 is 0 Å². The molecule has 0 N–H and O–H groups in total. The predicted octanol–water partition coefficient (Wildman–Crippen LogP) is 7.80. The third kappa shape index (κ3) is 6.93. The van der Waals surface area contributed by atoms with Crippen molar-refractivity contribution in [2.45, 2.75) is 48.5 Å². The molecule has 1 heterocycles. The van der Waals surface area contributed by atoms with E-state index < -0.39 is 0 Å². The smallest absolute Gasteiger partial charge is 0.0701 e. The van der Waals surface area contributed by atoms with Gasteiger partial charge >= 0.3 is 0 Å². The topological polar surface area (TPSA) is 12.9 Å². The highest BCUT2D eigenvalue weighted by Crippen LogP contribution is 2.25. The zero-order chi connectivity index (χ0) is 19.1. The molecule has 0 amide bonds. The molecule has 1 aromatic heterocycles. The Morgan fingerprint density at radius 3 is 1.60 bits per heavy atom. The number of hydrogen-bond donors (Lipinski definition) is 0. The summed E-state index contributed by atoms with van der Waals surface area (Å²) in [6.07, 6.45) is 1.82. The summed E-state index contributed by atoms with van der Waals surface area (Å²) < 4.78 is 0. The SMILES string of the molecule is CC.CC.CC.Cc1ccccc1-c1ccc(-c2ccccn2)cc1. The molecule has 134 valence electrons. The maximum atomic E-state index is 4.37. The first kappa shape index (κ1) is 22.6. The average Bonchev–Trinajstić information content (AvgIpc) is 2.74. The number of hydrogen-bond acceptors (Lipinski definition) is 1. The number of aryl methyl sites for hydroxylation is 1. The molecule has 3 rings (SSSR count). The lowest BCUT2D eigenvalue weighted by Crippen LogP contribution is -1.84. The van der Waals surface area contributed by atoms with E-state index in [4.69, 9.17) is 0 Å². The van der Waals surface area contributed by atoms with Crippen molar-refractivity contribution < 1.29 is 0 Å². The van der Waals surface area contributed by atoms with Crippen molar-refractivity contribution in [3.8, 4) is 22.4 Å². The van der Waals surface area contributed by atoms with E-state index in [1.165, 1.54) is 16.7 Å². The molecule has 0 aliphatic carbocycles. The number of nitrogens with zero attached hydrogens (tertiary/aromatic N) is 1. The lowest BCUT2D eigenvalue weighted by atomic mass is 9.99. The summed E-state index contributed by atoms with van der Waals surface area (Å²) in [6, 6.07) is 23.0. The van der Waals surface area contributed by atoms with E-state index in [9.17, 15) is 0 Å². The highest BCUT2D eigenvalue weighted by molar-refractivity contribution is 5.70. The monoisotopic (exact) mass is 335 g/mol. The fourth-order valence-electron chi connectivity index (χ4n) is 2.25. The Morgan fingerprint density at radius 1 is 0.560 bits per heavy atom. The molecule has 1 nitrogen and oxygen atoms in total. The Hall–Kier alpha value is -2.41. The van der Waals surface area contributed by atoms with Crippen molar-refractivity contribution in [3.05, 3.63) is 78.5 Å². The van der Waals surface area contributed by atoms with E-state index >= 15 is 0 Å². The number of rotatable bonds is 2. The van der Waals surface area contributed by atoms with E-state index in [2.05, 4.69) is 60.4 Å². The Balaban J connectivity index is 0.000000871. The molecular formula is C24H33N. The predicted molar refractivity (Wildman–Crippen MR) is 114 cm³/mol. The molecule has 0 aliphatic heterocycles. The summed E-state index contributed by atoms with van der Waals surface area (Å²) in [5.74, 6) is 0. The van der Waals surface area contributed by atoms with Crippen LogP contribution in [0, 0.1) is 6.92 Å². The highest BCUT2D eigenvalue weighted by Gasteiger charge is 2.02. The van der Waals surface area contributed by atoms with Gasteiger partial charge in [-0.3, -0.25) is 4.98 Å². The van der Waals surface area contributed by atoms with Gasteiger partial charge in [0.2, 0.25) is 0 Å². The molecule has 0 saturated carbocycles. The number of aromatic nitrogens is 1. The summed E-state index contributed by atoms with van der Waals surface area (Å²) in [4.78, 5) is 4.37. The minimum absolute atomic E-state index is 1.01. The van der Waals surface area contributed by atoms with Crippen molar-refractivity contribution in [1.82, 2.24) is 4.98 Å². The lowest BCUT2D eigenvalue weighted by Gasteiger charge is -2.07. The molecule has 0 radical (unpaired) electrons. The van der Waals surface area contributed by atoms with E-state index in [0.29, 0.717) is 0 Å². The first-order chi connectivity index (χ1) is 12.3. The minimum atomic E-state index is 1.01. The lowest BCUT2D eigenvalue weighted by molar-refractivity contribution is 1.33. The van der Waals surface area contributed by atoms with E-state index in [1.54, 1.807) is 0 Å². The van der Waals surface area contributed by atoms with Crippen LogP contribution in [-0.4, -0.2) is 4.98 Å². The first-order valence-corrected chi connectivity index (χ1v) is 9.42. The van der Waals surface area contributed by atoms with Crippen LogP contribution < -0.4 is 0 Å². The Bertz CT molecular complexity index is 670. The molecule has 0 atom stereocenters. The van der Waals surface area contributed by atoms with Gasteiger partial charge in [-0.05, 0) is 35.7 Å². The van der Waals surface area contributed by atoms with Crippen LogP contribution in [0.1, 0.15) is 47.1 Å². The first-order valence-electron chi connectivity index (χ1n) is 9.42. The van der Waals surface area contributed by atoms with Crippen LogP contribution in [0.15, 0.2) is 72.9 Å². The van der Waals surface area contributed by atoms with Crippen molar-refractivity contribution in [3.63, 3.8) is 0 Å². The fourth-order valence-corrected chi connectivity index (χ4v) is 2.25. The van der Waals surface area contributed by atoms with Crippen molar-refractivity contribution in [2.75, 3.05) is 0 Å². The third-order valence-corrected chi connectivity index (χ3v) is 3.30. The summed E-state index contributed by atoms with van der Waals surface area (Å²) in [6.45, 7) is 14.1. The molecule has 0 saturated heterocycles. The van der Waals surface area contributed by atoms with Gasteiger partial charge in [-0.15, -0.1) is 0 Å². The van der Waals surface area contributed by atoms with Gasteiger partial charge in [-0.25, -0.2) is 0 Å². The second kappa shape index (κ2) is 14.0. The third-order valence-electron chi connectivity index (χ3n) is 3.30. The fraction of sp³-hybridized carbons (Fsp3) is 0.292. The van der Waals surface area contributed by atoms with Crippen molar-refractivity contribution in [2.24, 2.45) is 0 Å². The summed E-state index contributed by atoms with van der Waals surface area (Å²) in [5.41, 5.74) is 6.00. The largest absolute Gasteiger partial charge is 0.256 e. The van der Waals surface area contributed by atoms with Gasteiger partial charge < -0.3 is 0 Å². The van der Waals surface area contributed by atoms with E-state index in [1.807, 2.05) is 65.9 Å². The summed E-state index contributed by atoms with van der Waals surface area (Å²) >= 11 is 0. The molecule has 0 aliphatic rings. The van der Waals surface area contributed by atoms with Gasteiger partial charge in [0, 0.05) is 11.8 Å². The summed E-state index contributed by atoms with van der Waals surface area (Å²) in [7, 11) is 0. The van der Waals surface area contributed by atoms with Crippen LogP contribution in [0.4, 0.5) is 0 Å². The second-order valence-electron chi connectivity index (χ2n) is 4.61. The molecule has 2 aromatic carbocycles. The van der Waals surface area contributed by atoms with Gasteiger partial charge in [-0.2, -0.15) is 0 Å². The molecule has 0 unspecified atom stereocenters. The van der Waals surface area contributed by atoms with Gasteiger partial charge in [-0.1, -0.05) is 96.1 Å². The highest BCUT2D eigenvalue weighted by atomic mass is 14.7. The maximum Gasteiger partial charge on any atom is 0.0701 e. The normalized spacial score (nSPS) is 8.60. The van der Waals surface area contributed by atoms with E-state index in [-0.39, 0.29) is 0 Å². The van der Waals surface area contributed by atoms with Crippen LogP contribution in [0.2, 0.25) is 0 Å². The standard InChI is InChI=1S/C18H15N.3C2H6/c1-14-6-2-3-7-17(14)15-9-11-16(12-10-15)18-8-4-5-13-19-18;3*1-2/h2-13H,1H3;3*1-2H3. The van der Waals surface area contributed by atoms with Gasteiger partial charge in [0.25, 0.3) is 0 Å². The zero-order valence-electron chi connectivity index (χ0n) is 16.9. The van der Waals surface area contributed by atoms with Crippen LogP contribution in [0.3, 0.4) is 0 Å². The van der Waals surface area contributed by atoms with Crippen LogP contribution in [-0.2, 0) is 0 Å². The molecule has 1 heteroatoms. The van der Waals surface area contributed by atoms with Gasteiger partial charge in [0.05, 0.1) is 5.69 Å². The molecule has 3 aromatic rings. The number of benzene rings is 2. The van der Waals surface area contributed by atoms with Crippen molar-refractivity contribution in [1.29, 1.82) is 0 Å². The van der Waals surface area contributed by atoms with Gasteiger partial charge in [0.15, 0.2) is 0 Å². The van der Waals surface area contributed by atoms with Gasteiger partial charge in [0.1, 0.15) is 0 Å². The molecule has 0 fully saturated rings. The molecular weight excluding hydrogens is 302 g/mol.